The number of carbonyl (C=O) groups excluding carboxylic acids is 2. The van der Waals surface area contributed by atoms with E-state index in [4.69, 9.17) is 0 Å². The van der Waals surface area contributed by atoms with Crippen molar-refractivity contribution < 1.29 is 22.8 Å². The molecule has 0 aliphatic carbocycles. The van der Waals surface area contributed by atoms with Crippen molar-refractivity contribution in [3.8, 4) is 0 Å². The molecule has 8 heteroatoms. The third-order valence-electron chi connectivity index (χ3n) is 4.76. The second-order valence-electron chi connectivity index (χ2n) is 6.59. The zero-order chi connectivity index (χ0) is 21.5. The second-order valence-corrected chi connectivity index (χ2v) is 7.53. The Morgan fingerprint density at radius 2 is 1.53 bits per heavy atom. The van der Waals surface area contributed by atoms with E-state index in [0.29, 0.717) is 10.6 Å². The molecule has 1 aliphatic heterocycles. The van der Waals surface area contributed by atoms with Crippen molar-refractivity contribution in [2.45, 2.75) is 6.18 Å². The lowest BCUT2D eigenvalue weighted by atomic mass is 10.1. The summed E-state index contributed by atoms with van der Waals surface area (Å²) in [7, 11) is 1.68. The van der Waals surface area contributed by atoms with E-state index in [0.717, 1.165) is 29.2 Å². The molecule has 0 saturated carbocycles. The normalized spacial score (nSPS) is 14.6. The Morgan fingerprint density at radius 1 is 0.867 bits per heavy atom. The van der Waals surface area contributed by atoms with Crippen molar-refractivity contribution in [3.63, 3.8) is 0 Å². The van der Waals surface area contributed by atoms with Crippen molar-refractivity contribution >= 4 is 40.1 Å². The van der Waals surface area contributed by atoms with Crippen LogP contribution in [0.3, 0.4) is 0 Å². The fourth-order valence-corrected chi connectivity index (χ4v) is 4.05. The monoisotopic (exact) mass is 428 g/mol. The van der Waals surface area contributed by atoms with Crippen molar-refractivity contribution in [2.75, 3.05) is 16.8 Å². The SMILES string of the molecule is CN(C1=C(c2cccs2)C(=O)N(c2ccc(C(F)(F)F)cc2)C1=O)c1ccccc1. The standard InChI is InChI=1S/C22H15F3N2O2S/c1-26(15-6-3-2-4-7-15)19-18(17-8-5-13-30-17)20(28)27(21(19)29)16-11-9-14(10-12-16)22(23,24)25/h2-13H,1H3. The molecular weight excluding hydrogens is 413 g/mol. The summed E-state index contributed by atoms with van der Waals surface area (Å²) < 4.78 is 38.7. The molecule has 0 atom stereocenters. The molecule has 1 aromatic heterocycles. The Balaban J connectivity index is 1.79. The average Bonchev–Trinajstić information content (AvgIpc) is 3.33. The maximum atomic E-state index is 13.3. The first-order chi connectivity index (χ1) is 14.3. The summed E-state index contributed by atoms with van der Waals surface area (Å²) >= 11 is 1.31. The highest BCUT2D eigenvalue weighted by Crippen LogP contribution is 2.38. The smallest absolute Gasteiger partial charge is 0.339 e. The summed E-state index contributed by atoms with van der Waals surface area (Å²) in [5.41, 5.74) is 0.341. The van der Waals surface area contributed by atoms with Gasteiger partial charge in [-0.2, -0.15) is 13.2 Å². The second kappa shape index (κ2) is 7.46. The Kier molecular flexibility index (Phi) is 4.95. The van der Waals surface area contributed by atoms with Gasteiger partial charge in [0.05, 0.1) is 16.8 Å². The van der Waals surface area contributed by atoms with Crippen LogP contribution in [0.2, 0.25) is 0 Å². The van der Waals surface area contributed by atoms with E-state index in [1.165, 1.54) is 11.3 Å². The molecule has 2 aromatic carbocycles. The number of nitrogens with zero attached hydrogens (tertiary/aromatic N) is 2. The topological polar surface area (TPSA) is 40.6 Å². The third-order valence-corrected chi connectivity index (χ3v) is 5.65. The molecule has 0 unspecified atom stereocenters. The lowest BCUT2D eigenvalue weighted by molar-refractivity contribution is -0.137. The molecule has 3 aromatic rings. The summed E-state index contributed by atoms with van der Waals surface area (Å²) in [5, 5.41) is 1.79. The van der Waals surface area contributed by atoms with Crippen LogP contribution >= 0.6 is 11.3 Å². The maximum absolute atomic E-state index is 13.3. The number of likely N-dealkylation sites (N-methyl/N-ethyl adjacent to an activating group) is 1. The third kappa shape index (κ3) is 3.39. The first kappa shape index (κ1) is 19.9. The number of thiophene rings is 1. The van der Waals surface area contributed by atoms with Crippen LogP contribution in [0.15, 0.2) is 77.8 Å². The van der Waals surface area contributed by atoms with E-state index in [9.17, 15) is 22.8 Å². The Hall–Kier alpha value is -3.39. The van der Waals surface area contributed by atoms with Crippen LogP contribution in [0, 0.1) is 0 Å². The largest absolute Gasteiger partial charge is 0.416 e. The zero-order valence-electron chi connectivity index (χ0n) is 15.7. The Bertz CT molecular complexity index is 1120. The highest BCUT2D eigenvalue weighted by atomic mass is 32.1. The van der Waals surface area contributed by atoms with Crippen LogP contribution in [0.1, 0.15) is 10.4 Å². The van der Waals surface area contributed by atoms with Gasteiger partial charge in [0.2, 0.25) is 0 Å². The molecule has 0 spiro atoms. The molecule has 0 saturated heterocycles. The average molecular weight is 428 g/mol. The van der Waals surface area contributed by atoms with E-state index in [-0.39, 0.29) is 17.0 Å². The number of hydrogen-bond acceptors (Lipinski definition) is 4. The van der Waals surface area contributed by atoms with E-state index >= 15 is 0 Å². The van der Waals surface area contributed by atoms with Crippen LogP contribution in [0.5, 0.6) is 0 Å². The molecule has 4 rings (SSSR count). The molecule has 2 heterocycles. The van der Waals surface area contributed by atoms with Crippen LogP contribution in [0.4, 0.5) is 24.5 Å². The number of imide groups is 1. The van der Waals surface area contributed by atoms with Crippen molar-refractivity contribution in [1.82, 2.24) is 0 Å². The molecule has 0 fully saturated rings. The van der Waals surface area contributed by atoms with E-state index < -0.39 is 23.6 Å². The number of hydrogen-bond donors (Lipinski definition) is 0. The van der Waals surface area contributed by atoms with E-state index in [1.54, 1.807) is 41.6 Å². The van der Waals surface area contributed by atoms with Crippen molar-refractivity contribution in [2.24, 2.45) is 0 Å². The van der Waals surface area contributed by atoms with Gasteiger partial charge in [0, 0.05) is 17.6 Å². The summed E-state index contributed by atoms with van der Waals surface area (Å²) in [6.45, 7) is 0. The van der Waals surface area contributed by atoms with Gasteiger partial charge in [-0.05, 0) is 47.8 Å². The maximum Gasteiger partial charge on any atom is 0.416 e. The Morgan fingerprint density at radius 3 is 2.10 bits per heavy atom. The van der Waals surface area contributed by atoms with Gasteiger partial charge in [-0.15, -0.1) is 11.3 Å². The summed E-state index contributed by atoms with van der Waals surface area (Å²) in [4.78, 5) is 29.7. The number of carbonyl (C=O) groups is 2. The van der Waals surface area contributed by atoms with E-state index in [2.05, 4.69) is 0 Å². The number of anilines is 2. The number of alkyl halides is 3. The van der Waals surface area contributed by atoms with Crippen LogP contribution in [-0.4, -0.2) is 18.9 Å². The van der Waals surface area contributed by atoms with Crippen molar-refractivity contribution in [1.29, 1.82) is 0 Å². The Labute approximate surface area is 174 Å². The first-order valence-electron chi connectivity index (χ1n) is 8.92. The highest BCUT2D eigenvalue weighted by molar-refractivity contribution is 7.11. The molecule has 0 radical (unpaired) electrons. The highest BCUT2D eigenvalue weighted by Gasteiger charge is 2.42. The van der Waals surface area contributed by atoms with Crippen LogP contribution in [0.25, 0.3) is 5.57 Å². The lowest BCUT2D eigenvalue weighted by Gasteiger charge is -2.21. The lowest BCUT2D eigenvalue weighted by Crippen LogP contribution is -2.34. The minimum Gasteiger partial charge on any atom is -0.339 e. The molecule has 152 valence electrons. The predicted octanol–water partition coefficient (Wildman–Crippen LogP) is 5.19. The molecule has 1 aliphatic rings. The predicted molar refractivity (Wildman–Crippen MR) is 110 cm³/mol. The molecular formula is C22H15F3N2O2S. The number of halogens is 3. The molecule has 0 N–H and O–H groups in total. The summed E-state index contributed by atoms with van der Waals surface area (Å²) in [6.07, 6.45) is -4.50. The fraction of sp³-hybridized carbons (Fsp3) is 0.0909. The molecule has 0 bridgehead atoms. The van der Waals surface area contributed by atoms with Crippen LogP contribution < -0.4 is 9.80 Å². The van der Waals surface area contributed by atoms with Crippen LogP contribution in [-0.2, 0) is 15.8 Å². The fourth-order valence-electron chi connectivity index (χ4n) is 3.29. The van der Waals surface area contributed by atoms with Gasteiger partial charge in [0.15, 0.2) is 0 Å². The van der Waals surface area contributed by atoms with E-state index in [1.807, 2.05) is 18.2 Å². The number of amides is 2. The van der Waals surface area contributed by atoms with Crippen molar-refractivity contribution in [3.05, 3.63) is 88.2 Å². The first-order valence-corrected chi connectivity index (χ1v) is 9.80. The summed E-state index contributed by atoms with van der Waals surface area (Å²) in [6, 6.07) is 16.6. The number of benzene rings is 2. The molecule has 4 nitrogen and oxygen atoms in total. The minimum absolute atomic E-state index is 0.0866. The van der Waals surface area contributed by atoms with Gasteiger partial charge in [0.1, 0.15) is 5.70 Å². The van der Waals surface area contributed by atoms with Gasteiger partial charge in [-0.1, -0.05) is 24.3 Å². The molecule has 2 amide bonds. The van der Waals surface area contributed by atoms with Gasteiger partial charge < -0.3 is 4.90 Å². The number of para-hydroxylation sites is 1. The summed E-state index contributed by atoms with van der Waals surface area (Å²) in [5.74, 6) is -1.16. The van der Waals surface area contributed by atoms with Gasteiger partial charge >= 0.3 is 6.18 Å². The zero-order valence-corrected chi connectivity index (χ0v) is 16.5. The van der Waals surface area contributed by atoms with Gasteiger partial charge in [0.25, 0.3) is 11.8 Å². The number of rotatable bonds is 4. The quantitative estimate of drug-likeness (QED) is 0.537. The van der Waals surface area contributed by atoms with Gasteiger partial charge in [-0.3, -0.25) is 9.59 Å². The van der Waals surface area contributed by atoms with Gasteiger partial charge in [-0.25, -0.2) is 4.90 Å². The minimum atomic E-state index is -4.50. The molecule has 30 heavy (non-hydrogen) atoms.